The molecule has 1 atom stereocenters. The molecule has 0 saturated heterocycles. The SMILES string of the molecule is [2H]c1c([2H])c([2H])c2c(c1[2H])C(=O)NC2c1ccc(Cl)c(S(N)(=O)=O)c1. The number of benzene rings is 2. The lowest BCUT2D eigenvalue weighted by molar-refractivity contribution is 0.0960. The number of nitrogens with two attached hydrogens (primary N) is 1. The molecule has 0 bridgehead atoms. The Kier molecular flexibility index (Phi) is 2.29. The minimum Gasteiger partial charge on any atom is -0.341 e. The molecule has 1 aliphatic heterocycles. The van der Waals surface area contributed by atoms with E-state index in [-0.39, 0.29) is 32.7 Å². The van der Waals surface area contributed by atoms with E-state index in [9.17, 15) is 13.2 Å². The quantitative estimate of drug-likeness (QED) is 0.882. The van der Waals surface area contributed by atoms with Gasteiger partial charge in [0.15, 0.2) is 0 Å². The fourth-order valence-corrected chi connectivity index (χ4v) is 3.24. The van der Waals surface area contributed by atoms with Gasteiger partial charge in [-0.25, -0.2) is 13.6 Å². The minimum atomic E-state index is -4.11. The number of amides is 1. The van der Waals surface area contributed by atoms with Crippen LogP contribution in [0.4, 0.5) is 0 Å². The second-order valence-corrected chi connectivity index (χ2v) is 6.37. The summed E-state index contributed by atoms with van der Waals surface area (Å²) in [6.07, 6.45) is 0. The first kappa shape index (κ1) is 9.94. The Balaban J connectivity index is 2.27. The molecule has 2 aromatic rings. The van der Waals surface area contributed by atoms with Gasteiger partial charge in [0.05, 0.1) is 16.5 Å². The molecule has 0 saturated carbocycles. The molecule has 0 fully saturated rings. The number of sulfonamides is 1. The largest absolute Gasteiger partial charge is 0.341 e. The number of carbonyl (C=O) groups is 1. The van der Waals surface area contributed by atoms with Crippen molar-refractivity contribution in [3.63, 3.8) is 0 Å². The van der Waals surface area contributed by atoms with Gasteiger partial charge in [-0.05, 0) is 29.3 Å². The van der Waals surface area contributed by atoms with E-state index in [2.05, 4.69) is 5.32 Å². The summed E-state index contributed by atoms with van der Waals surface area (Å²) in [5.74, 6) is -0.667. The highest BCUT2D eigenvalue weighted by Gasteiger charge is 2.30. The maximum atomic E-state index is 12.2. The van der Waals surface area contributed by atoms with Crippen molar-refractivity contribution in [2.24, 2.45) is 5.14 Å². The third-order valence-corrected chi connectivity index (χ3v) is 4.50. The molecule has 3 N–H and O–H groups in total. The maximum Gasteiger partial charge on any atom is 0.252 e. The van der Waals surface area contributed by atoms with Gasteiger partial charge < -0.3 is 5.32 Å². The first-order chi connectivity index (χ1) is 11.5. The van der Waals surface area contributed by atoms with E-state index in [1.807, 2.05) is 0 Å². The summed E-state index contributed by atoms with van der Waals surface area (Å²) < 4.78 is 54.6. The molecule has 3 rings (SSSR count). The van der Waals surface area contributed by atoms with Crippen LogP contribution < -0.4 is 10.5 Å². The Morgan fingerprint density at radius 1 is 1.29 bits per heavy atom. The number of rotatable bonds is 2. The predicted octanol–water partition coefficient (Wildman–Crippen LogP) is 1.82. The van der Waals surface area contributed by atoms with Crippen LogP contribution >= 0.6 is 11.6 Å². The van der Waals surface area contributed by atoms with Gasteiger partial charge in [-0.15, -0.1) is 0 Å². The molecule has 2 aromatic carbocycles. The minimum absolute atomic E-state index is 0.0543. The van der Waals surface area contributed by atoms with Gasteiger partial charge in [0.2, 0.25) is 10.0 Å². The van der Waals surface area contributed by atoms with Crippen LogP contribution in [-0.4, -0.2) is 14.3 Å². The lowest BCUT2D eigenvalue weighted by atomic mass is 9.99. The molecule has 5 nitrogen and oxygen atoms in total. The fraction of sp³-hybridized carbons (Fsp3) is 0.0714. The number of primary sulfonamides is 1. The summed E-state index contributed by atoms with van der Waals surface area (Å²) >= 11 is 5.85. The molecule has 1 amide bonds. The van der Waals surface area contributed by atoms with Crippen molar-refractivity contribution in [2.45, 2.75) is 10.9 Å². The van der Waals surface area contributed by atoms with E-state index in [0.29, 0.717) is 0 Å². The molecular formula is C14H11ClN2O3S. The number of carbonyl (C=O) groups excluding carboxylic acids is 1. The molecule has 1 aliphatic rings. The molecule has 1 unspecified atom stereocenters. The fourth-order valence-electron chi connectivity index (χ4n) is 2.16. The summed E-state index contributed by atoms with van der Waals surface area (Å²) in [6.45, 7) is 0. The number of hydrogen-bond donors (Lipinski definition) is 2. The van der Waals surface area contributed by atoms with E-state index in [1.165, 1.54) is 18.2 Å². The summed E-state index contributed by atoms with van der Waals surface area (Å²) in [5.41, 5.74) is 0.173. The average molecular weight is 327 g/mol. The second kappa shape index (κ2) is 4.84. The molecule has 0 spiro atoms. The van der Waals surface area contributed by atoms with Crippen LogP contribution in [-0.2, 0) is 10.0 Å². The first-order valence-electron chi connectivity index (χ1n) is 7.77. The standard InChI is InChI=1S/C14H11ClN2O3S/c15-11-6-5-8(7-12(11)21(16,19)20)13-9-3-1-2-4-10(9)14(18)17-13/h1-7,13H,(H,17,18)(H2,16,19,20)/i1D,2D,3D,4D. The lowest BCUT2D eigenvalue weighted by Gasteiger charge is -2.14. The van der Waals surface area contributed by atoms with Crippen LogP contribution in [0.2, 0.25) is 5.02 Å². The van der Waals surface area contributed by atoms with Crippen molar-refractivity contribution in [3.05, 3.63) is 64.1 Å². The van der Waals surface area contributed by atoms with Crippen molar-refractivity contribution in [3.8, 4) is 0 Å². The van der Waals surface area contributed by atoms with Crippen molar-refractivity contribution in [1.29, 1.82) is 0 Å². The Bertz CT molecular complexity index is 1040. The first-order valence-corrected chi connectivity index (χ1v) is 7.69. The molecule has 0 aliphatic carbocycles. The van der Waals surface area contributed by atoms with Gasteiger partial charge >= 0.3 is 0 Å². The van der Waals surface area contributed by atoms with Gasteiger partial charge in [0.1, 0.15) is 4.90 Å². The molecule has 7 heteroatoms. The summed E-state index contributed by atoms with van der Waals surface area (Å²) in [7, 11) is -4.11. The molecular weight excluding hydrogens is 312 g/mol. The predicted molar refractivity (Wildman–Crippen MR) is 78.6 cm³/mol. The highest BCUT2D eigenvalue weighted by Crippen LogP contribution is 2.33. The van der Waals surface area contributed by atoms with E-state index in [4.69, 9.17) is 22.2 Å². The molecule has 21 heavy (non-hydrogen) atoms. The number of halogens is 1. The third kappa shape index (κ3) is 2.42. The summed E-state index contributed by atoms with van der Waals surface area (Å²) in [5, 5.41) is 7.58. The van der Waals surface area contributed by atoms with Gasteiger partial charge in [0, 0.05) is 5.56 Å². The molecule has 108 valence electrons. The summed E-state index contributed by atoms with van der Waals surface area (Å²) in [6, 6.07) is 1.18. The smallest absolute Gasteiger partial charge is 0.252 e. The number of fused-ring (bicyclic) bond motifs is 1. The monoisotopic (exact) mass is 326 g/mol. The highest BCUT2D eigenvalue weighted by atomic mass is 35.5. The van der Waals surface area contributed by atoms with Gasteiger partial charge in [-0.1, -0.05) is 35.8 Å². The van der Waals surface area contributed by atoms with Crippen molar-refractivity contribution in [1.82, 2.24) is 5.32 Å². The van der Waals surface area contributed by atoms with Crippen LogP contribution in [0.5, 0.6) is 0 Å². The Morgan fingerprint density at radius 3 is 2.71 bits per heavy atom. The zero-order valence-electron chi connectivity index (χ0n) is 14.4. The van der Waals surface area contributed by atoms with E-state index < -0.39 is 40.1 Å². The second-order valence-electron chi connectivity index (χ2n) is 4.43. The number of hydrogen-bond acceptors (Lipinski definition) is 3. The van der Waals surface area contributed by atoms with Crippen LogP contribution in [0.1, 0.15) is 33.0 Å². The zero-order chi connectivity index (χ0) is 18.7. The Morgan fingerprint density at radius 2 is 2.00 bits per heavy atom. The van der Waals surface area contributed by atoms with Crippen LogP contribution in [0.25, 0.3) is 0 Å². The molecule has 0 radical (unpaired) electrons. The number of nitrogens with one attached hydrogen (secondary N) is 1. The van der Waals surface area contributed by atoms with Crippen LogP contribution in [0, 0.1) is 0 Å². The average Bonchev–Trinajstić information content (AvgIpc) is 2.87. The van der Waals surface area contributed by atoms with Crippen molar-refractivity contribution in [2.75, 3.05) is 0 Å². The van der Waals surface area contributed by atoms with Gasteiger partial charge in [-0.3, -0.25) is 4.79 Å². The zero-order valence-corrected chi connectivity index (χ0v) is 12.0. The Hall–Kier alpha value is -1.89. The van der Waals surface area contributed by atoms with Gasteiger partial charge in [-0.2, -0.15) is 0 Å². The topological polar surface area (TPSA) is 89.3 Å². The van der Waals surface area contributed by atoms with Crippen LogP contribution in [0.15, 0.2) is 47.3 Å². The van der Waals surface area contributed by atoms with E-state index >= 15 is 0 Å². The van der Waals surface area contributed by atoms with Crippen molar-refractivity contribution < 1.29 is 18.7 Å². The van der Waals surface area contributed by atoms with Gasteiger partial charge in [0.25, 0.3) is 5.91 Å². The maximum absolute atomic E-state index is 12.2. The highest BCUT2D eigenvalue weighted by molar-refractivity contribution is 7.89. The van der Waals surface area contributed by atoms with E-state index in [1.54, 1.807) is 0 Å². The van der Waals surface area contributed by atoms with E-state index in [0.717, 1.165) is 0 Å². The van der Waals surface area contributed by atoms with Crippen molar-refractivity contribution >= 4 is 27.5 Å². The lowest BCUT2D eigenvalue weighted by Crippen LogP contribution is -2.20. The normalized spacial score (nSPS) is 20.1. The molecule has 0 aromatic heterocycles. The summed E-state index contributed by atoms with van der Waals surface area (Å²) in [4.78, 5) is 11.9. The molecule has 1 heterocycles. The third-order valence-electron chi connectivity index (χ3n) is 3.10. The Labute approximate surface area is 132 Å². The van der Waals surface area contributed by atoms with Crippen LogP contribution in [0.3, 0.4) is 0 Å².